The molecule has 0 N–H and O–H groups in total. The van der Waals surface area contributed by atoms with Crippen LogP contribution in [0.1, 0.15) is 106 Å². The van der Waals surface area contributed by atoms with Crippen molar-refractivity contribution >= 4 is 17.2 Å². The van der Waals surface area contributed by atoms with Crippen LogP contribution < -0.4 is 0 Å². The summed E-state index contributed by atoms with van der Waals surface area (Å²) in [6, 6.07) is 0. The van der Waals surface area contributed by atoms with Gasteiger partial charge >= 0.3 is 67.8 Å². The van der Waals surface area contributed by atoms with Crippen LogP contribution in [0.5, 0.6) is 0 Å². The molecule has 2 aliphatic carbocycles. The molecule has 0 amide bonds. The van der Waals surface area contributed by atoms with Crippen molar-refractivity contribution in [2.24, 2.45) is 0 Å². The molecular weight excluding hydrogens is 582 g/mol. The van der Waals surface area contributed by atoms with E-state index in [0.717, 1.165) is 19.9 Å². The van der Waals surface area contributed by atoms with Crippen LogP contribution in [-0.4, -0.2) is 21.6 Å². The predicted molar refractivity (Wildman–Crippen MR) is 133 cm³/mol. The molecule has 0 aromatic heterocycles. The Balaban J connectivity index is -0.0000000505. The zero-order valence-corrected chi connectivity index (χ0v) is 26.6. The zero-order chi connectivity index (χ0) is 28.6. The average molecular weight is 624 g/mol. The Kier molecular flexibility index (Phi) is 71.1. The summed E-state index contributed by atoms with van der Waals surface area (Å²) in [7, 11) is 2.38. The van der Waals surface area contributed by atoms with Gasteiger partial charge in [0.15, 0.2) is 0 Å². The van der Waals surface area contributed by atoms with Crippen LogP contribution in [0.3, 0.4) is 0 Å². The Morgan fingerprint density at radius 3 is 0.778 bits per heavy atom. The van der Waals surface area contributed by atoms with Crippen molar-refractivity contribution in [2.45, 2.75) is 127 Å². The molecule has 0 aliphatic heterocycles. The molecule has 0 spiro atoms. The van der Waals surface area contributed by atoms with Gasteiger partial charge in [-0.05, 0) is 47.3 Å². The summed E-state index contributed by atoms with van der Waals surface area (Å²) < 4.78 is 45.0. The Bertz CT molecular complexity index is 446. The molecule has 0 bridgehead atoms. The summed E-state index contributed by atoms with van der Waals surface area (Å²) in [6.07, 6.45) is 15.4. The van der Waals surface area contributed by atoms with Crippen LogP contribution in [-0.2, 0) is 62.1 Å². The Hall–Kier alpha value is 0.339. The maximum Gasteiger partial charge on any atom is 0 e. The summed E-state index contributed by atoms with van der Waals surface area (Å²) in [5, 5.41) is 1.02. The standard InChI is InChI=1S/C12H23P.C8H19P.6CO.2Fe/c1-3-7-11(8-4-1)13-12-9-5-2-6-10-12;1-7(2,3)9-8(4,5)6;6*1-2;;/h11-13H,1-10H2;9H,1-6H3;;;;;;;;. The minimum Gasteiger partial charge on any atom is 0 e. The van der Waals surface area contributed by atoms with Crippen LogP contribution in [0.25, 0.3) is 0 Å². The van der Waals surface area contributed by atoms with Crippen molar-refractivity contribution in [3.05, 3.63) is 39.9 Å². The minimum atomic E-state index is 0. The monoisotopic (exact) mass is 624 g/mol. The second-order valence-electron chi connectivity index (χ2n) is 9.46. The van der Waals surface area contributed by atoms with Gasteiger partial charge in [-0.25, -0.2) is 0 Å². The van der Waals surface area contributed by atoms with Gasteiger partial charge in [-0.1, -0.05) is 80.1 Å². The first-order chi connectivity index (χ1) is 16.2. The van der Waals surface area contributed by atoms with E-state index in [1.807, 2.05) is 0 Å². The van der Waals surface area contributed by atoms with Crippen LogP contribution in [0, 0.1) is 39.9 Å². The minimum absolute atomic E-state index is 0. The third-order valence-electron chi connectivity index (χ3n) is 4.43. The molecule has 0 aromatic rings. The van der Waals surface area contributed by atoms with Gasteiger partial charge in [0.2, 0.25) is 0 Å². The summed E-state index contributed by atoms with van der Waals surface area (Å²) in [5.74, 6) is 0. The fraction of sp³-hybridized carbons (Fsp3) is 0.769. The summed E-state index contributed by atoms with van der Waals surface area (Å²) in [5.41, 5.74) is 2.30. The Morgan fingerprint density at radius 1 is 0.444 bits per heavy atom. The van der Waals surface area contributed by atoms with E-state index in [0.29, 0.717) is 10.3 Å². The van der Waals surface area contributed by atoms with Crippen molar-refractivity contribution in [3.63, 3.8) is 0 Å². The smallest absolute Gasteiger partial charge is 0 e. The van der Waals surface area contributed by atoms with Crippen LogP contribution in [0.4, 0.5) is 0 Å². The molecule has 10 heteroatoms. The molecule has 2 saturated carbocycles. The van der Waals surface area contributed by atoms with E-state index in [-0.39, 0.29) is 34.1 Å². The van der Waals surface area contributed by atoms with Gasteiger partial charge in [-0.15, -0.1) is 17.2 Å². The zero-order valence-electron chi connectivity index (χ0n) is 22.4. The molecule has 6 nitrogen and oxygen atoms in total. The van der Waals surface area contributed by atoms with Crippen molar-refractivity contribution in [1.82, 2.24) is 0 Å². The second kappa shape index (κ2) is 45.3. The van der Waals surface area contributed by atoms with Gasteiger partial charge < -0.3 is 0 Å². The second-order valence-corrected chi connectivity index (χ2v) is 14.7. The Morgan fingerprint density at radius 2 is 0.639 bits per heavy atom. The normalized spacial score (nSPS) is 13.8. The molecule has 0 unspecified atom stereocenters. The SMILES string of the molecule is C1CCC(PC2CCCCC2)CC1.CC(C)(C)PC(C)(C)C.[C-]#[O+].[C-]#[O+].[C-]#[O+].[C-]#[O+].[C-]#[O+].[C-]#[O+].[Fe].[Fe]. The largest absolute Gasteiger partial charge is 0 e. The first-order valence-electron chi connectivity index (χ1n) is 10.9. The van der Waals surface area contributed by atoms with Gasteiger partial charge in [0.1, 0.15) is 0 Å². The van der Waals surface area contributed by atoms with Gasteiger partial charge in [0.05, 0.1) is 0 Å². The van der Waals surface area contributed by atoms with E-state index in [1.54, 1.807) is 25.7 Å². The fourth-order valence-corrected chi connectivity index (χ4v) is 8.40. The van der Waals surface area contributed by atoms with Gasteiger partial charge in [0, 0.05) is 34.1 Å². The maximum absolute atomic E-state index is 7.50. The molecule has 2 aliphatic rings. The summed E-state index contributed by atoms with van der Waals surface area (Å²) in [4.78, 5) is 0. The molecule has 36 heavy (non-hydrogen) atoms. The fourth-order valence-electron chi connectivity index (χ4n) is 4.00. The molecule has 0 radical (unpaired) electrons. The molecule has 0 aromatic carbocycles. The predicted octanol–water partition coefficient (Wildman–Crippen LogP) is 7.36. The number of hydrogen-bond donors (Lipinski definition) is 0. The van der Waals surface area contributed by atoms with E-state index < -0.39 is 0 Å². The quantitative estimate of drug-likeness (QED) is 0.132. The first kappa shape index (κ1) is 56.5. The van der Waals surface area contributed by atoms with Crippen molar-refractivity contribution in [2.75, 3.05) is 0 Å². The third-order valence-corrected chi connectivity index (χ3v) is 8.03. The van der Waals surface area contributed by atoms with Crippen LogP contribution >= 0.6 is 17.2 Å². The van der Waals surface area contributed by atoms with Gasteiger partial charge in [-0.3, -0.25) is 0 Å². The summed E-state index contributed by atoms with van der Waals surface area (Å²) >= 11 is 0. The van der Waals surface area contributed by atoms with Crippen molar-refractivity contribution in [3.8, 4) is 0 Å². The molecular formula is C26H42Fe2O6P2. The first-order valence-corrected chi connectivity index (χ1v) is 13.1. The van der Waals surface area contributed by atoms with E-state index in [9.17, 15) is 0 Å². The number of rotatable bonds is 2. The van der Waals surface area contributed by atoms with E-state index in [2.05, 4.69) is 81.4 Å². The van der Waals surface area contributed by atoms with Gasteiger partial charge in [-0.2, -0.15) is 0 Å². The van der Waals surface area contributed by atoms with E-state index >= 15 is 0 Å². The molecule has 2 rings (SSSR count). The van der Waals surface area contributed by atoms with Crippen LogP contribution in [0.15, 0.2) is 0 Å². The maximum atomic E-state index is 7.50. The van der Waals surface area contributed by atoms with Gasteiger partial charge in [0.25, 0.3) is 0 Å². The van der Waals surface area contributed by atoms with Crippen LogP contribution in [0.2, 0.25) is 0 Å². The summed E-state index contributed by atoms with van der Waals surface area (Å²) in [6.45, 7) is 40.8. The molecule has 2 fully saturated rings. The van der Waals surface area contributed by atoms with Crippen molar-refractivity contribution < 1.29 is 62.1 Å². The third kappa shape index (κ3) is 55.0. The van der Waals surface area contributed by atoms with Crippen molar-refractivity contribution in [1.29, 1.82) is 0 Å². The van der Waals surface area contributed by atoms with E-state index in [1.165, 1.54) is 47.1 Å². The average Bonchev–Trinajstić information content (AvgIpc) is 2.86. The molecule has 0 saturated heterocycles. The molecule has 0 heterocycles. The topological polar surface area (TPSA) is 119 Å². The van der Waals surface area contributed by atoms with E-state index in [4.69, 9.17) is 27.9 Å². The molecule has 0 atom stereocenters. The Labute approximate surface area is 245 Å². The number of hydrogen-bond acceptors (Lipinski definition) is 0. The molecule has 208 valence electrons.